The number of ketones is 1. The maximum absolute atomic E-state index is 10.9. The zero-order chi connectivity index (χ0) is 11.0. The van der Waals surface area contributed by atoms with Crippen molar-refractivity contribution in [1.29, 1.82) is 5.41 Å². The number of aliphatic carboxylic acids is 1. The topological polar surface area (TPSA) is 81.5 Å². The largest absolute Gasteiger partial charge is 0.481 e. The third kappa shape index (κ3) is 5.93. The molecule has 0 heterocycles. The number of allylic oxidation sites excluding steroid dienone is 1. The molecular weight excluding hydrogens is 184 g/mol. The summed E-state index contributed by atoms with van der Waals surface area (Å²) >= 11 is 0. The van der Waals surface area contributed by atoms with E-state index in [-0.39, 0.29) is 25.3 Å². The molecular formula is C9H14N2O3. The van der Waals surface area contributed by atoms with E-state index >= 15 is 0 Å². The third-order valence-electron chi connectivity index (χ3n) is 1.49. The molecule has 0 rings (SSSR count). The van der Waals surface area contributed by atoms with Crippen molar-refractivity contribution in [2.24, 2.45) is 0 Å². The van der Waals surface area contributed by atoms with Crippen molar-refractivity contribution in [1.82, 2.24) is 4.90 Å². The second-order valence-corrected chi connectivity index (χ2v) is 2.71. The molecule has 0 aliphatic heterocycles. The molecule has 2 N–H and O–H groups in total. The fourth-order valence-corrected chi connectivity index (χ4v) is 0.902. The molecule has 0 aromatic heterocycles. The van der Waals surface area contributed by atoms with Crippen LogP contribution in [-0.2, 0) is 9.59 Å². The summed E-state index contributed by atoms with van der Waals surface area (Å²) in [5.41, 5.74) is 0. The average molecular weight is 198 g/mol. The van der Waals surface area contributed by atoms with Gasteiger partial charge in [0.2, 0.25) is 0 Å². The number of nitrogens with zero attached hydrogens (tertiary/aromatic N) is 1. The van der Waals surface area contributed by atoms with Crippen molar-refractivity contribution in [3.8, 4) is 0 Å². The standard InChI is InChI=1S/C9H14N2O3/c1-2-4-11(5-3-9(13)14)7-8(12)6-10/h2,4,6,10H,3,5,7H2,1H3,(H,13,14)/b4-2-,10-6?. The molecule has 14 heavy (non-hydrogen) atoms. The van der Waals surface area contributed by atoms with E-state index in [1.165, 1.54) is 0 Å². The minimum absolute atomic E-state index is 0.0182. The number of carbonyl (C=O) groups is 2. The predicted molar refractivity (Wildman–Crippen MR) is 52.4 cm³/mol. The van der Waals surface area contributed by atoms with Crippen molar-refractivity contribution in [3.05, 3.63) is 12.3 Å². The van der Waals surface area contributed by atoms with E-state index in [4.69, 9.17) is 10.5 Å². The van der Waals surface area contributed by atoms with Crippen molar-refractivity contribution >= 4 is 18.0 Å². The van der Waals surface area contributed by atoms with Crippen molar-refractivity contribution < 1.29 is 14.7 Å². The highest BCUT2D eigenvalue weighted by molar-refractivity contribution is 6.27. The lowest BCUT2D eigenvalue weighted by atomic mass is 10.3. The number of hydrogen-bond donors (Lipinski definition) is 2. The van der Waals surface area contributed by atoms with Crippen LogP contribution in [0.5, 0.6) is 0 Å². The zero-order valence-corrected chi connectivity index (χ0v) is 8.06. The summed E-state index contributed by atoms with van der Waals surface area (Å²) in [6, 6.07) is 0. The van der Waals surface area contributed by atoms with Gasteiger partial charge in [-0.25, -0.2) is 0 Å². The Balaban J connectivity index is 4.08. The first-order valence-corrected chi connectivity index (χ1v) is 4.22. The lowest BCUT2D eigenvalue weighted by Gasteiger charge is -2.16. The number of Topliss-reactive ketones (excluding diaryl/α,β-unsaturated/α-hetero) is 1. The minimum atomic E-state index is -0.901. The van der Waals surface area contributed by atoms with Gasteiger partial charge in [-0.3, -0.25) is 9.59 Å². The van der Waals surface area contributed by atoms with Crippen LogP contribution in [0.2, 0.25) is 0 Å². The molecule has 0 saturated heterocycles. The van der Waals surface area contributed by atoms with Crippen LogP contribution in [0, 0.1) is 5.41 Å². The van der Waals surface area contributed by atoms with Crippen LogP contribution in [-0.4, -0.2) is 41.1 Å². The first-order valence-electron chi connectivity index (χ1n) is 4.22. The number of hydrogen-bond acceptors (Lipinski definition) is 4. The highest BCUT2D eigenvalue weighted by atomic mass is 16.4. The first kappa shape index (κ1) is 12.3. The molecule has 0 aliphatic rings. The zero-order valence-electron chi connectivity index (χ0n) is 8.06. The van der Waals surface area contributed by atoms with E-state index in [0.29, 0.717) is 0 Å². The Bertz CT molecular complexity index is 248. The Morgan fingerprint density at radius 1 is 1.50 bits per heavy atom. The molecule has 0 radical (unpaired) electrons. The highest BCUT2D eigenvalue weighted by Gasteiger charge is 2.06. The maximum Gasteiger partial charge on any atom is 0.305 e. The van der Waals surface area contributed by atoms with E-state index in [1.807, 2.05) is 0 Å². The summed E-state index contributed by atoms with van der Waals surface area (Å²) in [4.78, 5) is 22.7. The monoisotopic (exact) mass is 198 g/mol. The molecule has 0 saturated carbocycles. The molecule has 78 valence electrons. The number of nitrogens with one attached hydrogen (secondary N) is 1. The third-order valence-corrected chi connectivity index (χ3v) is 1.49. The van der Waals surface area contributed by atoms with Crippen molar-refractivity contribution in [2.75, 3.05) is 13.1 Å². The lowest BCUT2D eigenvalue weighted by Crippen LogP contribution is -2.27. The molecule has 5 nitrogen and oxygen atoms in total. The van der Waals surface area contributed by atoms with Crippen LogP contribution in [0.3, 0.4) is 0 Å². The summed E-state index contributed by atoms with van der Waals surface area (Å²) < 4.78 is 0. The molecule has 0 aromatic rings. The Kier molecular flexibility index (Phi) is 6.02. The van der Waals surface area contributed by atoms with E-state index in [0.717, 1.165) is 6.21 Å². The number of rotatable bonds is 7. The minimum Gasteiger partial charge on any atom is -0.481 e. The van der Waals surface area contributed by atoms with Crippen LogP contribution in [0.15, 0.2) is 12.3 Å². The normalized spacial score (nSPS) is 10.1. The quantitative estimate of drug-likeness (QED) is 0.584. The van der Waals surface area contributed by atoms with Gasteiger partial charge in [0.15, 0.2) is 5.78 Å². The van der Waals surface area contributed by atoms with Gasteiger partial charge in [-0.05, 0) is 13.1 Å². The Hall–Kier alpha value is -1.65. The van der Waals surface area contributed by atoms with Crippen LogP contribution < -0.4 is 0 Å². The van der Waals surface area contributed by atoms with E-state index in [9.17, 15) is 9.59 Å². The smallest absolute Gasteiger partial charge is 0.305 e. The predicted octanol–water partition coefficient (Wildman–Crippen LogP) is 0.515. The summed E-state index contributed by atoms with van der Waals surface area (Å²) in [6.07, 6.45) is 4.08. The molecule has 0 bridgehead atoms. The molecule has 0 spiro atoms. The summed E-state index contributed by atoms with van der Waals surface area (Å²) in [5.74, 6) is -1.24. The molecule has 0 atom stereocenters. The van der Waals surface area contributed by atoms with Gasteiger partial charge in [0, 0.05) is 6.54 Å². The molecule has 0 aromatic carbocycles. The van der Waals surface area contributed by atoms with Gasteiger partial charge in [-0.15, -0.1) is 0 Å². The number of carboxylic acids is 1. The second-order valence-electron chi connectivity index (χ2n) is 2.71. The average Bonchev–Trinajstić information content (AvgIpc) is 2.14. The lowest BCUT2D eigenvalue weighted by molar-refractivity contribution is -0.137. The van der Waals surface area contributed by atoms with Crippen molar-refractivity contribution in [2.45, 2.75) is 13.3 Å². The van der Waals surface area contributed by atoms with Gasteiger partial charge in [0.05, 0.1) is 19.2 Å². The summed E-state index contributed by atoms with van der Waals surface area (Å²) in [7, 11) is 0. The SMILES string of the molecule is C/C=C\N(CCC(=O)O)CC(=O)C=N. The number of carbonyl (C=O) groups excluding carboxylic acids is 1. The highest BCUT2D eigenvalue weighted by Crippen LogP contribution is 1.93. The molecule has 0 unspecified atom stereocenters. The Morgan fingerprint density at radius 2 is 2.14 bits per heavy atom. The van der Waals surface area contributed by atoms with Gasteiger partial charge >= 0.3 is 5.97 Å². The van der Waals surface area contributed by atoms with E-state index < -0.39 is 5.97 Å². The Labute approximate surface area is 82.5 Å². The molecule has 5 heteroatoms. The Morgan fingerprint density at radius 3 is 2.57 bits per heavy atom. The van der Waals surface area contributed by atoms with Crippen molar-refractivity contribution in [3.63, 3.8) is 0 Å². The van der Waals surface area contributed by atoms with Crippen LogP contribution in [0.4, 0.5) is 0 Å². The number of carboxylic acid groups (broad SMARTS) is 1. The molecule has 0 fully saturated rings. The maximum atomic E-state index is 10.9. The van der Waals surface area contributed by atoms with Crippen LogP contribution in [0.1, 0.15) is 13.3 Å². The van der Waals surface area contributed by atoms with E-state index in [1.54, 1.807) is 24.1 Å². The van der Waals surface area contributed by atoms with Crippen LogP contribution >= 0.6 is 0 Å². The van der Waals surface area contributed by atoms with Gasteiger partial charge in [0.1, 0.15) is 0 Å². The van der Waals surface area contributed by atoms with Gasteiger partial charge in [-0.1, -0.05) is 6.08 Å². The van der Waals surface area contributed by atoms with Gasteiger partial charge in [0.25, 0.3) is 0 Å². The summed E-state index contributed by atoms with van der Waals surface area (Å²) in [6.45, 7) is 2.11. The fraction of sp³-hybridized carbons (Fsp3) is 0.444. The second kappa shape index (κ2) is 6.82. The van der Waals surface area contributed by atoms with Crippen LogP contribution in [0.25, 0.3) is 0 Å². The molecule has 0 aliphatic carbocycles. The van der Waals surface area contributed by atoms with Gasteiger partial charge in [-0.2, -0.15) is 0 Å². The summed E-state index contributed by atoms with van der Waals surface area (Å²) in [5, 5.41) is 15.2. The van der Waals surface area contributed by atoms with E-state index in [2.05, 4.69) is 0 Å². The fourth-order valence-electron chi connectivity index (χ4n) is 0.902. The first-order chi connectivity index (χ1) is 6.60. The molecule has 0 amide bonds. The van der Waals surface area contributed by atoms with Gasteiger partial charge < -0.3 is 15.4 Å².